The fourth-order valence-electron chi connectivity index (χ4n) is 3.09. The van der Waals surface area contributed by atoms with Gasteiger partial charge in [-0.3, -0.25) is 4.98 Å². The first-order chi connectivity index (χ1) is 8.19. The number of fused-ring (bicyclic) bond motifs is 1. The molecule has 3 rings (SSSR count). The van der Waals surface area contributed by atoms with E-state index in [0.717, 1.165) is 18.8 Å². The number of benzene rings is 1. The Morgan fingerprint density at radius 2 is 2.12 bits per heavy atom. The fraction of sp³-hybridized carbons (Fsp3) is 0.400. The Kier molecular flexibility index (Phi) is 2.40. The molecule has 2 aromatic rings. The molecule has 17 heavy (non-hydrogen) atoms. The predicted molar refractivity (Wildman–Crippen MR) is 70.6 cm³/mol. The Morgan fingerprint density at radius 1 is 1.29 bits per heavy atom. The van der Waals surface area contributed by atoms with Crippen molar-refractivity contribution in [3.8, 4) is 0 Å². The summed E-state index contributed by atoms with van der Waals surface area (Å²) < 4.78 is 0. The summed E-state index contributed by atoms with van der Waals surface area (Å²) in [5.74, 6) is 0.721. The zero-order chi connectivity index (χ0) is 11.9. The maximum absolute atomic E-state index is 6.60. The van der Waals surface area contributed by atoms with Gasteiger partial charge in [0.2, 0.25) is 0 Å². The summed E-state index contributed by atoms with van der Waals surface area (Å²) in [5.41, 5.74) is 7.65. The number of hydrogen-bond donors (Lipinski definition) is 1. The van der Waals surface area contributed by atoms with E-state index in [0.29, 0.717) is 0 Å². The van der Waals surface area contributed by atoms with Gasteiger partial charge in [-0.2, -0.15) is 0 Å². The van der Waals surface area contributed by atoms with Gasteiger partial charge in [-0.1, -0.05) is 31.2 Å². The normalized spacial score (nSPS) is 28.7. The molecule has 1 aromatic heterocycles. The highest BCUT2D eigenvalue weighted by Crippen LogP contribution is 2.41. The molecule has 2 unspecified atom stereocenters. The van der Waals surface area contributed by atoms with Gasteiger partial charge in [0.1, 0.15) is 0 Å². The van der Waals surface area contributed by atoms with Crippen LogP contribution in [0.2, 0.25) is 0 Å². The van der Waals surface area contributed by atoms with E-state index >= 15 is 0 Å². The second kappa shape index (κ2) is 3.81. The Bertz CT molecular complexity index is 544. The molecular weight excluding hydrogens is 208 g/mol. The van der Waals surface area contributed by atoms with Gasteiger partial charge in [0.25, 0.3) is 0 Å². The van der Waals surface area contributed by atoms with Crippen molar-refractivity contribution in [2.24, 2.45) is 11.7 Å². The molecule has 2 heteroatoms. The second-order valence-electron chi connectivity index (χ2n) is 5.41. The highest BCUT2D eigenvalue weighted by molar-refractivity contribution is 5.85. The zero-order valence-electron chi connectivity index (χ0n) is 10.2. The van der Waals surface area contributed by atoms with Crippen LogP contribution in [0.3, 0.4) is 0 Å². The Morgan fingerprint density at radius 3 is 2.88 bits per heavy atom. The highest BCUT2D eigenvalue weighted by Gasteiger charge is 2.36. The molecule has 0 bridgehead atoms. The van der Waals surface area contributed by atoms with Crippen molar-refractivity contribution in [1.82, 2.24) is 4.98 Å². The lowest BCUT2D eigenvalue weighted by Crippen LogP contribution is -2.34. The van der Waals surface area contributed by atoms with Gasteiger partial charge in [0, 0.05) is 23.3 Å². The molecule has 1 heterocycles. The van der Waals surface area contributed by atoms with E-state index in [2.05, 4.69) is 30.1 Å². The molecule has 0 amide bonds. The molecule has 2 N–H and O–H groups in total. The van der Waals surface area contributed by atoms with Crippen LogP contribution in [0.4, 0.5) is 0 Å². The molecule has 2 nitrogen and oxygen atoms in total. The van der Waals surface area contributed by atoms with Crippen molar-refractivity contribution in [3.05, 3.63) is 42.2 Å². The quantitative estimate of drug-likeness (QED) is 0.811. The number of aromatic nitrogens is 1. The maximum atomic E-state index is 6.60. The lowest BCUT2D eigenvalue weighted by atomic mass is 9.86. The van der Waals surface area contributed by atoms with E-state index < -0.39 is 0 Å². The summed E-state index contributed by atoms with van der Waals surface area (Å²) in [5, 5.41) is 2.45. The summed E-state index contributed by atoms with van der Waals surface area (Å²) in [6, 6.07) is 8.39. The third-order valence-electron chi connectivity index (χ3n) is 4.00. The molecule has 1 aromatic carbocycles. The van der Waals surface area contributed by atoms with E-state index in [9.17, 15) is 0 Å². The van der Waals surface area contributed by atoms with Crippen molar-refractivity contribution < 1.29 is 0 Å². The van der Waals surface area contributed by atoms with Crippen LogP contribution in [0.25, 0.3) is 10.8 Å². The molecule has 0 aliphatic heterocycles. The van der Waals surface area contributed by atoms with Crippen LogP contribution in [0.1, 0.15) is 31.7 Å². The summed E-state index contributed by atoms with van der Waals surface area (Å²) in [7, 11) is 0. The molecule has 0 spiro atoms. The van der Waals surface area contributed by atoms with Crippen molar-refractivity contribution in [2.45, 2.75) is 31.7 Å². The molecule has 1 saturated carbocycles. The molecule has 0 saturated heterocycles. The van der Waals surface area contributed by atoms with Crippen LogP contribution in [-0.4, -0.2) is 4.98 Å². The van der Waals surface area contributed by atoms with E-state index in [1.54, 1.807) is 0 Å². The largest absolute Gasteiger partial charge is 0.321 e. The van der Waals surface area contributed by atoms with Crippen molar-refractivity contribution in [3.63, 3.8) is 0 Å². The lowest BCUT2D eigenvalue weighted by molar-refractivity contribution is 0.443. The number of pyridine rings is 1. The minimum atomic E-state index is -0.173. The lowest BCUT2D eigenvalue weighted by Gasteiger charge is -2.25. The topological polar surface area (TPSA) is 38.9 Å². The zero-order valence-corrected chi connectivity index (χ0v) is 10.2. The van der Waals surface area contributed by atoms with E-state index in [-0.39, 0.29) is 5.54 Å². The fourth-order valence-corrected chi connectivity index (χ4v) is 3.09. The second-order valence-corrected chi connectivity index (χ2v) is 5.41. The predicted octanol–water partition coefficient (Wildman–Crippen LogP) is 3.21. The van der Waals surface area contributed by atoms with Crippen LogP contribution in [-0.2, 0) is 5.54 Å². The Labute approximate surface area is 102 Å². The molecule has 1 fully saturated rings. The van der Waals surface area contributed by atoms with Crippen molar-refractivity contribution >= 4 is 10.8 Å². The molecule has 2 atom stereocenters. The summed E-state index contributed by atoms with van der Waals surface area (Å²) in [6.07, 6.45) is 7.24. The SMILES string of the molecule is CC1CCC(N)(c2cncc3ccccc23)C1. The molecule has 1 aliphatic rings. The van der Waals surface area contributed by atoms with Gasteiger partial charge in [-0.25, -0.2) is 0 Å². The molecular formula is C15H18N2. The summed E-state index contributed by atoms with van der Waals surface area (Å²) in [6.45, 7) is 2.28. The van der Waals surface area contributed by atoms with Gasteiger partial charge in [0.15, 0.2) is 0 Å². The van der Waals surface area contributed by atoms with Crippen LogP contribution < -0.4 is 5.73 Å². The smallest absolute Gasteiger partial charge is 0.0433 e. The Hall–Kier alpha value is -1.41. The number of hydrogen-bond acceptors (Lipinski definition) is 2. The first kappa shape index (κ1) is 10.7. The average molecular weight is 226 g/mol. The third kappa shape index (κ3) is 1.73. The van der Waals surface area contributed by atoms with E-state index in [4.69, 9.17) is 5.73 Å². The van der Waals surface area contributed by atoms with E-state index in [1.165, 1.54) is 22.8 Å². The van der Waals surface area contributed by atoms with Gasteiger partial charge in [-0.05, 0) is 36.1 Å². The van der Waals surface area contributed by atoms with Gasteiger partial charge < -0.3 is 5.73 Å². The van der Waals surface area contributed by atoms with Crippen LogP contribution >= 0.6 is 0 Å². The maximum Gasteiger partial charge on any atom is 0.0433 e. The van der Waals surface area contributed by atoms with Crippen LogP contribution in [0.5, 0.6) is 0 Å². The number of nitrogens with two attached hydrogens (primary N) is 1. The molecule has 88 valence electrons. The average Bonchev–Trinajstić information content (AvgIpc) is 2.70. The summed E-state index contributed by atoms with van der Waals surface area (Å²) in [4.78, 5) is 4.35. The number of rotatable bonds is 1. The third-order valence-corrected chi connectivity index (χ3v) is 4.00. The highest BCUT2D eigenvalue weighted by atomic mass is 14.8. The van der Waals surface area contributed by atoms with Gasteiger partial charge >= 0.3 is 0 Å². The van der Waals surface area contributed by atoms with Gasteiger partial charge in [0.05, 0.1) is 0 Å². The molecule has 0 radical (unpaired) electrons. The minimum Gasteiger partial charge on any atom is -0.321 e. The first-order valence-corrected chi connectivity index (χ1v) is 6.31. The molecule has 1 aliphatic carbocycles. The Balaban J connectivity index is 2.17. The number of nitrogens with zero attached hydrogens (tertiary/aromatic N) is 1. The minimum absolute atomic E-state index is 0.173. The standard InChI is InChI=1S/C15H18N2/c1-11-6-7-15(16,8-11)14-10-17-9-12-4-2-3-5-13(12)14/h2-5,9-11H,6-8,16H2,1H3. The first-order valence-electron chi connectivity index (χ1n) is 6.31. The van der Waals surface area contributed by atoms with E-state index in [1.807, 2.05) is 18.5 Å². The van der Waals surface area contributed by atoms with Crippen LogP contribution in [0, 0.1) is 5.92 Å². The van der Waals surface area contributed by atoms with Crippen LogP contribution in [0.15, 0.2) is 36.7 Å². The van der Waals surface area contributed by atoms with Gasteiger partial charge in [-0.15, -0.1) is 0 Å². The summed E-state index contributed by atoms with van der Waals surface area (Å²) >= 11 is 0. The van der Waals surface area contributed by atoms with Crippen molar-refractivity contribution in [1.29, 1.82) is 0 Å². The monoisotopic (exact) mass is 226 g/mol. The van der Waals surface area contributed by atoms with Crippen molar-refractivity contribution in [2.75, 3.05) is 0 Å².